The van der Waals surface area contributed by atoms with Crippen molar-refractivity contribution in [3.63, 3.8) is 0 Å². The minimum atomic E-state index is 0.141. The molecule has 154 valence electrons. The highest BCUT2D eigenvalue weighted by molar-refractivity contribution is 5.79. The molecule has 2 aromatic rings. The van der Waals surface area contributed by atoms with Gasteiger partial charge in [0.2, 0.25) is 0 Å². The zero-order valence-corrected chi connectivity index (χ0v) is 17.9. The second kappa shape index (κ2) is 10.7. The van der Waals surface area contributed by atoms with Gasteiger partial charge in [-0.15, -0.1) is 0 Å². The van der Waals surface area contributed by atoms with Crippen molar-refractivity contribution in [2.24, 2.45) is 4.99 Å². The lowest BCUT2D eigenvalue weighted by Crippen LogP contribution is -2.41. The second-order valence-electron chi connectivity index (χ2n) is 6.77. The van der Waals surface area contributed by atoms with Crippen LogP contribution in [-0.2, 0) is 19.4 Å². The van der Waals surface area contributed by atoms with Gasteiger partial charge in [-0.05, 0) is 26.6 Å². The van der Waals surface area contributed by atoms with Crippen molar-refractivity contribution in [2.75, 3.05) is 34.8 Å². The van der Waals surface area contributed by atoms with Gasteiger partial charge in [0.25, 0.3) is 0 Å². The molecule has 0 aliphatic rings. The van der Waals surface area contributed by atoms with Crippen LogP contribution >= 0.6 is 0 Å². The van der Waals surface area contributed by atoms with Gasteiger partial charge < -0.3 is 24.8 Å². The standard InChI is InChI=1S/C21H33N5O2/c1-7-17-16(19(8-2)28-25-17)13-23-21(22-3)24-14-18(26(4)5)15-11-9-10-12-20(15)27-6/h9-12,18H,7-8,13-14H2,1-6H3,(H2,22,23,24). The number of guanidine groups is 1. The van der Waals surface area contributed by atoms with E-state index >= 15 is 0 Å². The van der Waals surface area contributed by atoms with Crippen molar-refractivity contribution >= 4 is 5.96 Å². The number of aliphatic imine (C=N–C) groups is 1. The Morgan fingerprint density at radius 3 is 2.57 bits per heavy atom. The number of aromatic nitrogens is 1. The SMILES string of the molecule is CCc1noc(CC)c1CNC(=NC)NCC(c1ccccc1OC)N(C)C. The summed E-state index contributed by atoms with van der Waals surface area (Å²) < 4.78 is 11.0. The third-order valence-corrected chi connectivity index (χ3v) is 4.85. The van der Waals surface area contributed by atoms with Crippen LogP contribution in [0.15, 0.2) is 33.8 Å². The van der Waals surface area contributed by atoms with Gasteiger partial charge in [-0.2, -0.15) is 0 Å². The van der Waals surface area contributed by atoms with E-state index in [-0.39, 0.29) is 6.04 Å². The van der Waals surface area contributed by atoms with Crippen LogP contribution in [0, 0.1) is 0 Å². The molecule has 7 nitrogen and oxygen atoms in total. The molecule has 2 rings (SSSR count). The minimum absolute atomic E-state index is 0.141. The molecule has 1 aromatic carbocycles. The highest BCUT2D eigenvalue weighted by Gasteiger charge is 2.19. The maximum atomic E-state index is 5.54. The molecule has 0 saturated heterocycles. The van der Waals surface area contributed by atoms with Crippen molar-refractivity contribution in [3.8, 4) is 5.75 Å². The zero-order valence-electron chi connectivity index (χ0n) is 17.9. The van der Waals surface area contributed by atoms with E-state index in [2.05, 4.69) is 59.7 Å². The van der Waals surface area contributed by atoms with E-state index < -0.39 is 0 Å². The highest BCUT2D eigenvalue weighted by atomic mass is 16.5. The summed E-state index contributed by atoms with van der Waals surface area (Å²) in [7, 11) is 7.60. The van der Waals surface area contributed by atoms with Crippen LogP contribution in [0.3, 0.4) is 0 Å². The van der Waals surface area contributed by atoms with Crippen LogP contribution in [0.1, 0.15) is 42.5 Å². The molecule has 1 atom stereocenters. The molecule has 0 saturated carbocycles. The van der Waals surface area contributed by atoms with Crippen molar-refractivity contribution in [3.05, 3.63) is 46.8 Å². The van der Waals surface area contributed by atoms with Crippen molar-refractivity contribution in [1.82, 2.24) is 20.7 Å². The van der Waals surface area contributed by atoms with Crippen molar-refractivity contribution in [1.29, 1.82) is 0 Å². The quantitative estimate of drug-likeness (QED) is 0.509. The van der Waals surface area contributed by atoms with Crippen LogP contribution in [0.25, 0.3) is 0 Å². The summed E-state index contributed by atoms with van der Waals surface area (Å²) >= 11 is 0. The van der Waals surface area contributed by atoms with Crippen LogP contribution in [-0.4, -0.2) is 50.8 Å². The summed E-state index contributed by atoms with van der Waals surface area (Å²) in [4.78, 5) is 6.53. The molecule has 0 aliphatic heterocycles. The maximum Gasteiger partial charge on any atom is 0.191 e. The molecule has 0 fully saturated rings. The molecular weight excluding hydrogens is 354 g/mol. The predicted molar refractivity (Wildman–Crippen MR) is 113 cm³/mol. The molecule has 1 aromatic heterocycles. The highest BCUT2D eigenvalue weighted by Crippen LogP contribution is 2.27. The smallest absolute Gasteiger partial charge is 0.191 e. The number of rotatable bonds is 9. The van der Waals surface area contributed by atoms with Gasteiger partial charge in [-0.1, -0.05) is 37.2 Å². The first-order valence-electron chi connectivity index (χ1n) is 9.75. The lowest BCUT2D eigenvalue weighted by molar-refractivity contribution is 0.287. The minimum Gasteiger partial charge on any atom is -0.496 e. The van der Waals surface area contributed by atoms with E-state index in [0.717, 1.165) is 47.1 Å². The van der Waals surface area contributed by atoms with Gasteiger partial charge in [0.05, 0.1) is 18.8 Å². The Labute approximate surface area is 168 Å². The molecule has 0 spiro atoms. The number of benzene rings is 1. The average Bonchev–Trinajstić information content (AvgIpc) is 3.12. The number of ether oxygens (including phenoxy) is 1. The number of para-hydroxylation sites is 1. The van der Waals surface area contributed by atoms with Crippen LogP contribution in [0.2, 0.25) is 0 Å². The topological polar surface area (TPSA) is 74.9 Å². The fourth-order valence-corrected chi connectivity index (χ4v) is 3.24. The van der Waals surface area contributed by atoms with Gasteiger partial charge in [0, 0.05) is 37.7 Å². The zero-order chi connectivity index (χ0) is 20.5. The van der Waals surface area contributed by atoms with E-state index in [4.69, 9.17) is 9.26 Å². The lowest BCUT2D eigenvalue weighted by Gasteiger charge is -2.27. The Bertz CT molecular complexity index is 748. The number of likely N-dealkylation sites (N-methyl/N-ethyl adjacent to an activating group) is 1. The number of hydrogen-bond donors (Lipinski definition) is 2. The Balaban J connectivity index is 2.05. The third-order valence-electron chi connectivity index (χ3n) is 4.85. The summed E-state index contributed by atoms with van der Waals surface area (Å²) in [5.41, 5.74) is 3.26. The van der Waals surface area contributed by atoms with Crippen LogP contribution in [0.4, 0.5) is 0 Å². The summed E-state index contributed by atoms with van der Waals surface area (Å²) in [6, 6.07) is 8.25. The van der Waals surface area contributed by atoms with Crippen LogP contribution < -0.4 is 15.4 Å². The molecular formula is C21H33N5O2. The first-order chi connectivity index (χ1) is 13.5. The molecule has 28 heavy (non-hydrogen) atoms. The van der Waals surface area contributed by atoms with E-state index in [1.165, 1.54) is 0 Å². The Kier molecular flexibility index (Phi) is 8.32. The Morgan fingerprint density at radius 2 is 1.96 bits per heavy atom. The van der Waals surface area contributed by atoms with Gasteiger partial charge in [-0.3, -0.25) is 4.99 Å². The molecule has 0 amide bonds. The number of aryl methyl sites for hydroxylation is 2. The van der Waals surface area contributed by atoms with Gasteiger partial charge in [0.15, 0.2) is 5.96 Å². The summed E-state index contributed by atoms with van der Waals surface area (Å²) in [5, 5.41) is 11.0. The maximum absolute atomic E-state index is 5.54. The Hall–Kier alpha value is -2.54. The summed E-state index contributed by atoms with van der Waals surface area (Å²) in [5.74, 6) is 2.56. The predicted octanol–water partition coefficient (Wildman–Crippen LogP) is 2.78. The molecule has 0 aliphatic carbocycles. The van der Waals surface area contributed by atoms with Gasteiger partial charge >= 0.3 is 0 Å². The number of hydrogen-bond acceptors (Lipinski definition) is 5. The van der Waals surface area contributed by atoms with E-state index in [1.54, 1.807) is 14.2 Å². The Morgan fingerprint density at radius 1 is 1.21 bits per heavy atom. The molecule has 1 heterocycles. The number of nitrogens with zero attached hydrogens (tertiary/aromatic N) is 3. The number of methoxy groups -OCH3 is 1. The van der Waals surface area contributed by atoms with Crippen molar-refractivity contribution < 1.29 is 9.26 Å². The molecule has 1 unspecified atom stereocenters. The van der Waals surface area contributed by atoms with E-state index in [9.17, 15) is 0 Å². The monoisotopic (exact) mass is 387 g/mol. The van der Waals surface area contributed by atoms with E-state index in [0.29, 0.717) is 13.1 Å². The fraction of sp³-hybridized carbons (Fsp3) is 0.524. The number of nitrogens with one attached hydrogen (secondary N) is 2. The lowest BCUT2D eigenvalue weighted by atomic mass is 10.0. The van der Waals surface area contributed by atoms with Gasteiger partial charge in [0.1, 0.15) is 11.5 Å². The van der Waals surface area contributed by atoms with E-state index in [1.807, 2.05) is 18.2 Å². The first kappa shape index (κ1) is 21.8. The molecule has 0 radical (unpaired) electrons. The van der Waals surface area contributed by atoms with Crippen LogP contribution in [0.5, 0.6) is 5.75 Å². The molecule has 7 heteroatoms. The summed E-state index contributed by atoms with van der Waals surface area (Å²) in [6.07, 6.45) is 1.68. The van der Waals surface area contributed by atoms with Crippen molar-refractivity contribution in [2.45, 2.75) is 39.3 Å². The summed E-state index contributed by atoms with van der Waals surface area (Å²) in [6.45, 7) is 5.49. The normalized spacial score (nSPS) is 12.9. The molecule has 2 N–H and O–H groups in total. The largest absolute Gasteiger partial charge is 0.496 e. The fourth-order valence-electron chi connectivity index (χ4n) is 3.24. The first-order valence-corrected chi connectivity index (χ1v) is 9.75. The second-order valence-corrected chi connectivity index (χ2v) is 6.77. The molecule has 0 bridgehead atoms. The average molecular weight is 388 g/mol. The van der Waals surface area contributed by atoms with Gasteiger partial charge in [-0.25, -0.2) is 0 Å². The third kappa shape index (κ3) is 5.25.